The van der Waals surface area contributed by atoms with E-state index in [2.05, 4.69) is 31.6 Å². The first-order valence-corrected chi connectivity index (χ1v) is 5.10. The van der Waals surface area contributed by atoms with Crippen LogP contribution in [0.3, 0.4) is 0 Å². The van der Waals surface area contributed by atoms with E-state index >= 15 is 0 Å². The molecule has 0 radical (unpaired) electrons. The highest BCUT2D eigenvalue weighted by molar-refractivity contribution is 5.65. The summed E-state index contributed by atoms with van der Waals surface area (Å²) in [4.78, 5) is 9.59. The highest BCUT2D eigenvalue weighted by atomic mass is 16.5. The number of ether oxygens (including phenoxy) is 1. The summed E-state index contributed by atoms with van der Waals surface area (Å²) in [5.74, 6) is -0.245. The minimum absolute atomic E-state index is 0.245. The molecule has 2 heteroatoms. The topological polar surface area (TPSA) is 26.3 Å². The van der Waals surface area contributed by atoms with Crippen molar-refractivity contribution in [3.05, 3.63) is 11.6 Å². The molecule has 14 heavy (non-hydrogen) atoms. The van der Waals surface area contributed by atoms with Gasteiger partial charge in [-0.1, -0.05) is 25.5 Å². The van der Waals surface area contributed by atoms with Crippen molar-refractivity contribution < 1.29 is 9.53 Å². The fourth-order valence-electron chi connectivity index (χ4n) is 1.63. The molecule has 0 atom stereocenters. The number of hydrogen-bond acceptors (Lipinski definition) is 2. The van der Waals surface area contributed by atoms with Crippen molar-refractivity contribution in [1.82, 2.24) is 0 Å². The van der Waals surface area contributed by atoms with Crippen molar-refractivity contribution in [3.63, 3.8) is 0 Å². The third-order valence-electron chi connectivity index (χ3n) is 2.32. The Morgan fingerprint density at radius 2 is 2.00 bits per heavy atom. The number of carbonyl (C=O) groups is 1. The van der Waals surface area contributed by atoms with Gasteiger partial charge in [0.2, 0.25) is 0 Å². The van der Waals surface area contributed by atoms with Crippen LogP contribution in [-0.4, -0.2) is 13.1 Å². The molecule has 1 aliphatic rings. The van der Waals surface area contributed by atoms with Gasteiger partial charge in [-0.2, -0.15) is 0 Å². The quantitative estimate of drug-likeness (QED) is 0.441. The van der Waals surface area contributed by atoms with Gasteiger partial charge in [0.25, 0.3) is 0 Å². The Labute approximate surface area is 87.3 Å². The summed E-state index contributed by atoms with van der Waals surface area (Å²) in [6.45, 7) is 8.23. The second-order valence-electron chi connectivity index (χ2n) is 4.53. The Balaban J connectivity index is 0.000000292. The predicted molar refractivity (Wildman–Crippen MR) is 59.1 cm³/mol. The first-order chi connectivity index (χ1) is 6.37. The molecule has 0 spiro atoms. The number of carbonyl (C=O) groups excluding carboxylic acids is 1. The van der Waals surface area contributed by atoms with Gasteiger partial charge in [0.05, 0.1) is 7.11 Å². The average molecular weight is 198 g/mol. The molecule has 82 valence electrons. The van der Waals surface area contributed by atoms with E-state index in [0.29, 0.717) is 5.41 Å². The molecule has 0 aromatic carbocycles. The molecule has 0 amide bonds. The largest absolute Gasteiger partial charge is 0.469 e. The smallest absolute Gasteiger partial charge is 0.302 e. The van der Waals surface area contributed by atoms with Crippen LogP contribution in [0, 0.1) is 5.41 Å². The zero-order valence-corrected chi connectivity index (χ0v) is 10.0. The minimum atomic E-state index is -0.245. The zero-order chi connectivity index (χ0) is 11.2. The molecule has 0 aromatic heterocycles. The maximum atomic E-state index is 9.59. The van der Waals surface area contributed by atoms with Gasteiger partial charge in [-0.25, -0.2) is 0 Å². The van der Waals surface area contributed by atoms with Crippen molar-refractivity contribution in [3.8, 4) is 0 Å². The van der Waals surface area contributed by atoms with Gasteiger partial charge >= 0.3 is 5.97 Å². The van der Waals surface area contributed by atoms with Crippen molar-refractivity contribution in [2.24, 2.45) is 5.41 Å². The summed E-state index contributed by atoms with van der Waals surface area (Å²) in [7, 11) is 1.35. The molecular formula is C12H22O2. The number of hydrogen-bond donors (Lipinski definition) is 0. The lowest BCUT2D eigenvalue weighted by atomic mass is 9.80. The number of methoxy groups -OCH3 is 1. The molecule has 0 saturated heterocycles. The summed E-state index contributed by atoms with van der Waals surface area (Å²) in [6, 6.07) is 0. The van der Waals surface area contributed by atoms with Crippen LogP contribution < -0.4 is 0 Å². The van der Waals surface area contributed by atoms with Gasteiger partial charge in [0.15, 0.2) is 0 Å². The minimum Gasteiger partial charge on any atom is -0.469 e. The molecule has 0 aliphatic heterocycles. The summed E-state index contributed by atoms with van der Waals surface area (Å²) < 4.78 is 4.11. The number of rotatable bonds is 0. The predicted octanol–water partition coefficient (Wildman–Crippen LogP) is 3.32. The van der Waals surface area contributed by atoms with Crippen LogP contribution in [-0.2, 0) is 9.53 Å². The van der Waals surface area contributed by atoms with Crippen molar-refractivity contribution in [2.45, 2.75) is 47.0 Å². The van der Waals surface area contributed by atoms with Crippen LogP contribution in [0.4, 0.5) is 0 Å². The Morgan fingerprint density at radius 1 is 1.50 bits per heavy atom. The van der Waals surface area contributed by atoms with Gasteiger partial charge in [0.1, 0.15) is 0 Å². The summed E-state index contributed by atoms with van der Waals surface area (Å²) >= 11 is 0. The lowest BCUT2D eigenvalue weighted by molar-refractivity contribution is -0.137. The molecule has 0 N–H and O–H groups in total. The Kier molecular flexibility index (Phi) is 5.51. The Bertz CT molecular complexity index is 214. The summed E-state index contributed by atoms with van der Waals surface area (Å²) in [5, 5.41) is 0. The maximum absolute atomic E-state index is 9.59. The lowest BCUT2D eigenvalue weighted by Gasteiger charge is -2.25. The summed E-state index contributed by atoms with van der Waals surface area (Å²) in [6.07, 6.45) is 6.49. The third kappa shape index (κ3) is 6.70. The molecule has 0 aromatic rings. The first kappa shape index (κ1) is 13.2. The Hall–Kier alpha value is -0.790. The van der Waals surface area contributed by atoms with Gasteiger partial charge in [-0.15, -0.1) is 0 Å². The molecule has 0 bridgehead atoms. The van der Waals surface area contributed by atoms with E-state index in [1.165, 1.54) is 33.3 Å². The van der Waals surface area contributed by atoms with Crippen LogP contribution in [0.1, 0.15) is 47.0 Å². The van der Waals surface area contributed by atoms with Crippen LogP contribution >= 0.6 is 0 Å². The van der Waals surface area contributed by atoms with Crippen molar-refractivity contribution >= 4 is 5.97 Å². The fourth-order valence-corrected chi connectivity index (χ4v) is 1.63. The van der Waals surface area contributed by atoms with E-state index in [9.17, 15) is 4.79 Å². The average Bonchev–Trinajstić information content (AvgIpc) is 2.02. The van der Waals surface area contributed by atoms with E-state index in [0.717, 1.165) is 0 Å². The zero-order valence-electron chi connectivity index (χ0n) is 10.0. The number of allylic oxidation sites excluding steroid dienone is 2. The van der Waals surface area contributed by atoms with E-state index in [1.807, 2.05) is 0 Å². The van der Waals surface area contributed by atoms with Crippen LogP contribution in [0.25, 0.3) is 0 Å². The van der Waals surface area contributed by atoms with Gasteiger partial charge in [-0.05, 0) is 31.6 Å². The molecule has 0 saturated carbocycles. The molecule has 2 nitrogen and oxygen atoms in total. The molecule has 1 aliphatic carbocycles. The second kappa shape index (κ2) is 5.84. The van der Waals surface area contributed by atoms with Gasteiger partial charge in [-0.3, -0.25) is 4.79 Å². The normalized spacial score (nSPS) is 18.8. The maximum Gasteiger partial charge on any atom is 0.302 e. The van der Waals surface area contributed by atoms with Crippen molar-refractivity contribution in [1.29, 1.82) is 0 Å². The van der Waals surface area contributed by atoms with E-state index in [4.69, 9.17) is 0 Å². The molecule has 0 unspecified atom stereocenters. The summed E-state index contributed by atoms with van der Waals surface area (Å²) in [5.41, 5.74) is 2.06. The fraction of sp³-hybridized carbons (Fsp3) is 0.750. The van der Waals surface area contributed by atoms with Crippen LogP contribution in [0.15, 0.2) is 11.6 Å². The molecule has 1 rings (SSSR count). The first-order valence-electron chi connectivity index (χ1n) is 5.10. The number of esters is 1. The standard InChI is InChI=1S/C9H16.C3H6O2/c1-8-5-4-6-9(2,3)7-8;1-3(4)5-2/h7H,4-6H2,1-3H3;1-2H3. The van der Waals surface area contributed by atoms with Gasteiger partial charge < -0.3 is 4.74 Å². The lowest BCUT2D eigenvalue weighted by Crippen LogP contribution is -2.11. The van der Waals surface area contributed by atoms with E-state index in [1.54, 1.807) is 5.57 Å². The van der Waals surface area contributed by atoms with Gasteiger partial charge in [0, 0.05) is 6.92 Å². The molecular weight excluding hydrogens is 176 g/mol. The van der Waals surface area contributed by atoms with E-state index in [-0.39, 0.29) is 5.97 Å². The monoisotopic (exact) mass is 198 g/mol. The highest BCUT2D eigenvalue weighted by Crippen LogP contribution is 2.32. The van der Waals surface area contributed by atoms with Crippen molar-refractivity contribution in [2.75, 3.05) is 7.11 Å². The van der Waals surface area contributed by atoms with Crippen LogP contribution in [0.2, 0.25) is 0 Å². The second-order valence-corrected chi connectivity index (χ2v) is 4.53. The molecule has 0 heterocycles. The third-order valence-corrected chi connectivity index (χ3v) is 2.32. The Morgan fingerprint density at radius 3 is 2.21 bits per heavy atom. The molecule has 0 fully saturated rings. The SMILES string of the molecule is CC1=CC(C)(C)CCC1.COC(C)=O. The van der Waals surface area contributed by atoms with E-state index < -0.39 is 0 Å². The highest BCUT2D eigenvalue weighted by Gasteiger charge is 2.17. The van der Waals surface area contributed by atoms with Crippen LogP contribution in [0.5, 0.6) is 0 Å².